The van der Waals surface area contributed by atoms with Crippen LogP contribution in [0.2, 0.25) is 0 Å². The van der Waals surface area contributed by atoms with Crippen molar-refractivity contribution >= 4 is 11.8 Å². The van der Waals surface area contributed by atoms with E-state index in [9.17, 15) is 0 Å². The monoisotopic (exact) mass is 253 g/mol. The minimum Gasteiger partial charge on any atom is -0.380 e. The zero-order valence-electron chi connectivity index (χ0n) is 11.0. The van der Waals surface area contributed by atoms with Gasteiger partial charge in [0.2, 0.25) is 0 Å². The summed E-state index contributed by atoms with van der Waals surface area (Å²) in [6.07, 6.45) is 0. The predicted octanol–water partition coefficient (Wildman–Crippen LogP) is 3.49. The highest BCUT2D eigenvalue weighted by molar-refractivity contribution is 7.99. The normalized spacial score (nSPS) is 12.6. The molecule has 96 valence electrons. The number of nitrogens with one attached hydrogen (secondary N) is 1. The standard InChI is InChI=1S/C14H23NOS/c1-4-15-14(11-16-5-2)12-7-9-13(10-8-12)17-6-3/h7-10,14-15H,4-6,11H2,1-3H3. The van der Waals surface area contributed by atoms with Gasteiger partial charge in [-0.3, -0.25) is 0 Å². The van der Waals surface area contributed by atoms with Crippen LogP contribution >= 0.6 is 11.8 Å². The van der Waals surface area contributed by atoms with Crippen LogP contribution in [0.1, 0.15) is 32.4 Å². The second-order valence-electron chi connectivity index (χ2n) is 3.77. The molecule has 0 heterocycles. The van der Waals surface area contributed by atoms with Crippen LogP contribution in [0.3, 0.4) is 0 Å². The molecule has 0 aliphatic rings. The third kappa shape index (κ3) is 5.11. The van der Waals surface area contributed by atoms with Gasteiger partial charge in [-0.25, -0.2) is 0 Å². The fraction of sp³-hybridized carbons (Fsp3) is 0.571. The third-order valence-corrected chi connectivity index (χ3v) is 3.43. The first-order chi connectivity index (χ1) is 8.31. The summed E-state index contributed by atoms with van der Waals surface area (Å²) < 4.78 is 5.51. The highest BCUT2D eigenvalue weighted by Crippen LogP contribution is 2.21. The number of hydrogen-bond acceptors (Lipinski definition) is 3. The summed E-state index contributed by atoms with van der Waals surface area (Å²) >= 11 is 1.88. The molecule has 0 aromatic heterocycles. The van der Waals surface area contributed by atoms with E-state index in [4.69, 9.17) is 4.74 Å². The van der Waals surface area contributed by atoms with Crippen LogP contribution in [-0.2, 0) is 4.74 Å². The maximum Gasteiger partial charge on any atom is 0.0661 e. The first kappa shape index (κ1) is 14.6. The second-order valence-corrected chi connectivity index (χ2v) is 5.11. The molecule has 0 fully saturated rings. The number of benzene rings is 1. The van der Waals surface area contributed by atoms with Crippen molar-refractivity contribution in [1.29, 1.82) is 0 Å². The largest absolute Gasteiger partial charge is 0.380 e. The molecule has 3 heteroatoms. The van der Waals surface area contributed by atoms with Crippen LogP contribution in [0.15, 0.2) is 29.2 Å². The molecule has 1 rings (SSSR count). The molecule has 1 unspecified atom stereocenters. The summed E-state index contributed by atoms with van der Waals surface area (Å²) in [7, 11) is 0. The molecule has 1 aromatic rings. The van der Waals surface area contributed by atoms with E-state index in [0.717, 1.165) is 25.5 Å². The van der Waals surface area contributed by atoms with Crippen molar-refractivity contribution in [3.63, 3.8) is 0 Å². The molecule has 1 aromatic carbocycles. The van der Waals surface area contributed by atoms with Gasteiger partial charge in [0.25, 0.3) is 0 Å². The van der Waals surface area contributed by atoms with Crippen LogP contribution < -0.4 is 5.32 Å². The predicted molar refractivity (Wildman–Crippen MR) is 75.8 cm³/mol. The van der Waals surface area contributed by atoms with Crippen molar-refractivity contribution in [2.75, 3.05) is 25.5 Å². The molecule has 0 amide bonds. The number of hydrogen-bond donors (Lipinski definition) is 1. The lowest BCUT2D eigenvalue weighted by molar-refractivity contribution is 0.123. The van der Waals surface area contributed by atoms with E-state index < -0.39 is 0 Å². The van der Waals surface area contributed by atoms with E-state index >= 15 is 0 Å². The van der Waals surface area contributed by atoms with Crippen LogP contribution in [0.25, 0.3) is 0 Å². The quantitative estimate of drug-likeness (QED) is 0.717. The van der Waals surface area contributed by atoms with Crippen LogP contribution in [-0.4, -0.2) is 25.5 Å². The Morgan fingerprint density at radius 3 is 2.41 bits per heavy atom. The zero-order chi connectivity index (χ0) is 12.5. The Hall–Kier alpha value is -0.510. The number of ether oxygens (including phenoxy) is 1. The van der Waals surface area contributed by atoms with Gasteiger partial charge in [0.15, 0.2) is 0 Å². The summed E-state index contributed by atoms with van der Waals surface area (Å²) in [6, 6.07) is 9.09. The molecule has 0 aliphatic heterocycles. The number of likely N-dealkylation sites (N-methyl/N-ethyl adjacent to an activating group) is 1. The molecule has 0 aliphatic carbocycles. The summed E-state index contributed by atoms with van der Waals surface area (Å²) in [5, 5.41) is 3.45. The van der Waals surface area contributed by atoms with Crippen molar-refractivity contribution in [1.82, 2.24) is 5.32 Å². The molecule has 0 spiro atoms. The highest BCUT2D eigenvalue weighted by Gasteiger charge is 2.09. The van der Waals surface area contributed by atoms with E-state index in [1.54, 1.807) is 0 Å². The van der Waals surface area contributed by atoms with Crippen molar-refractivity contribution in [3.8, 4) is 0 Å². The van der Waals surface area contributed by atoms with Gasteiger partial charge in [0, 0.05) is 11.5 Å². The van der Waals surface area contributed by atoms with Gasteiger partial charge < -0.3 is 10.1 Å². The van der Waals surface area contributed by atoms with Gasteiger partial charge >= 0.3 is 0 Å². The Balaban J connectivity index is 2.65. The van der Waals surface area contributed by atoms with E-state index in [2.05, 4.69) is 43.4 Å². The molecule has 17 heavy (non-hydrogen) atoms. The van der Waals surface area contributed by atoms with Gasteiger partial charge in [-0.15, -0.1) is 11.8 Å². The Labute approximate surface area is 109 Å². The summed E-state index contributed by atoms with van der Waals surface area (Å²) in [5.41, 5.74) is 1.31. The first-order valence-electron chi connectivity index (χ1n) is 6.35. The number of thioether (sulfide) groups is 1. The van der Waals surface area contributed by atoms with E-state index in [0.29, 0.717) is 6.04 Å². The van der Waals surface area contributed by atoms with E-state index in [1.807, 2.05) is 18.7 Å². The summed E-state index contributed by atoms with van der Waals surface area (Å²) in [5.74, 6) is 1.12. The molecular formula is C14H23NOS. The van der Waals surface area contributed by atoms with Gasteiger partial charge in [-0.1, -0.05) is 26.0 Å². The zero-order valence-corrected chi connectivity index (χ0v) is 11.8. The summed E-state index contributed by atoms with van der Waals surface area (Å²) in [6.45, 7) is 8.80. The average molecular weight is 253 g/mol. The van der Waals surface area contributed by atoms with Crippen molar-refractivity contribution in [3.05, 3.63) is 29.8 Å². The Morgan fingerprint density at radius 1 is 1.18 bits per heavy atom. The maximum absolute atomic E-state index is 5.51. The molecule has 1 atom stereocenters. The molecule has 0 radical (unpaired) electrons. The Bertz CT molecular complexity index is 300. The van der Waals surface area contributed by atoms with Gasteiger partial charge in [0.1, 0.15) is 0 Å². The lowest BCUT2D eigenvalue weighted by atomic mass is 10.1. The van der Waals surface area contributed by atoms with Crippen molar-refractivity contribution < 1.29 is 4.74 Å². The fourth-order valence-electron chi connectivity index (χ4n) is 1.72. The van der Waals surface area contributed by atoms with E-state index in [1.165, 1.54) is 10.5 Å². The van der Waals surface area contributed by atoms with Crippen LogP contribution in [0.4, 0.5) is 0 Å². The number of rotatable bonds is 8. The van der Waals surface area contributed by atoms with Gasteiger partial charge in [0.05, 0.1) is 12.6 Å². The minimum absolute atomic E-state index is 0.306. The molecule has 0 saturated carbocycles. The highest BCUT2D eigenvalue weighted by atomic mass is 32.2. The Kier molecular flexibility index (Phi) is 7.33. The fourth-order valence-corrected chi connectivity index (χ4v) is 2.38. The molecule has 2 nitrogen and oxygen atoms in total. The lowest BCUT2D eigenvalue weighted by Gasteiger charge is -2.18. The average Bonchev–Trinajstić information content (AvgIpc) is 2.36. The maximum atomic E-state index is 5.51. The van der Waals surface area contributed by atoms with Crippen LogP contribution in [0, 0.1) is 0 Å². The molecule has 1 N–H and O–H groups in total. The van der Waals surface area contributed by atoms with Gasteiger partial charge in [-0.2, -0.15) is 0 Å². The van der Waals surface area contributed by atoms with Crippen molar-refractivity contribution in [2.45, 2.75) is 31.7 Å². The summed E-state index contributed by atoms with van der Waals surface area (Å²) in [4.78, 5) is 1.34. The minimum atomic E-state index is 0.306. The van der Waals surface area contributed by atoms with E-state index in [-0.39, 0.29) is 0 Å². The van der Waals surface area contributed by atoms with Crippen LogP contribution in [0.5, 0.6) is 0 Å². The lowest BCUT2D eigenvalue weighted by Crippen LogP contribution is -2.25. The third-order valence-electron chi connectivity index (χ3n) is 2.53. The topological polar surface area (TPSA) is 21.3 Å². The molecular weight excluding hydrogens is 230 g/mol. The Morgan fingerprint density at radius 2 is 1.88 bits per heavy atom. The first-order valence-corrected chi connectivity index (χ1v) is 7.34. The molecule has 0 saturated heterocycles. The van der Waals surface area contributed by atoms with Crippen molar-refractivity contribution in [2.24, 2.45) is 0 Å². The SMILES string of the molecule is CCNC(COCC)c1ccc(SCC)cc1. The second kappa shape index (κ2) is 8.56. The smallest absolute Gasteiger partial charge is 0.0661 e. The van der Waals surface area contributed by atoms with Gasteiger partial charge in [-0.05, 0) is 36.9 Å². The molecule has 0 bridgehead atoms.